The van der Waals surface area contributed by atoms with Gasteiger partial charge in [0.2, 0.25) is 5.91 Å². The van der Waals surface area contributed by atoms with Crippen LogP contribution in [-0.2, 0) is 11.2 Å². The van der Waals surface area contributed by atoms with Crippen LogP contribution in [0, 0.1) is 12.8 Å². The zero-order valence-electron chi connectivity index (χ0n) is 17.8. The molecule has 1 aliphatic carbocycles. The monoisotopic (exact) mass is 409 g/mol. The van der Waals surface area contributed by atoms with Crippen LogP contribution in [0.15, 0.2) is 42.6 Å². The fourth-order valence-corrected chi connectivity index (χ4v) is 4.02. The number of hydrogen-bond acceptors (Lipinski definition) is 4. The molecule has 0 bridgehead atoms. The van der Waals surface area contributed by atoms with E-state index in [2.05, 4.69) is 15.6 Å². The minimum atomic E-state index is -0.533. The van der Waals surface area contributed by atoms with Crippen LogP contribution in [-0.4, -0.2) is 36.5 Å². The number of carbonyl (C=O) groups is 2. The molecule has 1 fully saturated rings. The van der Waals surface area contributed by atoms with Crippen LogP contribution in [0.4, 0.5) is 0 Å². The Morgan fingerprint density at radius 1 is 1.17 bits per heavy atom. The molecule has 1 aromatic carbocycles. The molecule has 6 nitrogen and oxygen atoms in total. The Labute approximate surface area is 178 Å². The van der Waals surface area contributed by atoms with Crippen molar-refractivity contribution in [2.75, 3.05) is 13.7 Å². The van der Waals surface area contributed by atoms with Gasteiger partial charge in [0.25, 0.3) is 5.91 Å². The summed E-state index contributed by atoms with van der Waals surface area (Å²) >= 11 is 0. The summed E-state index contributed by atoms with van der Waals surface area (Å²) < 4.78 is 5.33. The van der Waals surface area contributed by atoms with Gasteiger partial charge in [0, 0.05) is 30.4 Å². The quantitative estimate of drug-likeness (QED) is 0.700. The third-order valence-corrected chi connectivity index (χ3v) is 5.77. The first-order valence-electron chi connectivity index (χ1n) is 10.7. The molecule has 6 heteroatoms. The Morgan fingerprint density at radius 2 is 1.97 bits per heavy atom. The van der Waals surface area contributed by atoms with E-state index >= 15 is 0 Å². The molecule has 0 radical (unpaired) electrons. The summed E-state index contributed by atoms with van der Waals surface area (Å²) in [6, 6.07) is 10.6. The van der Waals surface area contributed by atoms with E-state index in [1.54, 1.807) is 25.4 Å². The fourth-order valence-electron chi connectivity index (χ4n) is 4.02. The van der Waals surface area contributed by atoms with Crippen LogP contribution >= 0.6 is 0 Å². The van der Waals surface area contributed by atoms with E-state index in [-0.39, 0.29) is 17.7 Å². The first-order valence-corrected chi connectivity index (χ1v) is 10.7. The average Bonchev–Trinajstić information content (AvgIpc) is 2.78. The number of aryl methyl sites for hydroxylation is 1. The summed E-state index contributed by atoms with van der Waals surface area (Å²) in [5.41, 5.74) is 2.40. The number of rotatable bonds is 8. The van der Waals surface area contributed by atoms with E-state index in [1.165, 1.54) is 6.42 Å². The van der Waals surface area contributed by atoms with E-state index in [9.17, 15) is 9.59 Å². The maximum absolute atomic E-state index is 13.0. The van der Waals surface area contributed by atoms with Crippen LogP contribution in [0.3, 0.4) is 0 Å². The number of carbonyl (C=O) groups excluding carboxylic acids is 2. The highest BCUT2D eigenvalue weighted by atomic mass is 16.5. The number of methoxy groups -OCH3 is 1. The standard InChI is InChI=1S/C24H31N3O3/c1-17-11-12-19(16-21(17)30-2)23(28)27-22(18-8-4-3-5-9-18)24(29)26-15-13-20-10-6-7-14-25-20/h6-7,10-12,14,16,18,22H,3-5,8-9,13,15H2,1-2H3,(H,26,29)(H,27,28). The first kappa shape index (κ1) is 21.8. The number of nitrogens with one attached hydrogen (secondary N) is 2. The van der Waals surface area contributed by atoms with Gasteiger partial charge in [0.05, 0.1) is 7.11 Å². The third kappa shape index (κ3) is 5.81. The minimum Gasteiger partial charge on any atom is -0.496 e. The molecule has 1 unspecified atom stereocenters. The van der Waals surface area contributed by atoms with Crippen LogP contribution in [0.1, 0.15) is 53.7 Å². The summed E-state index contributed by atoms with van der Waals surface area (Å²) in [6.45, 7) is 2.42. The summed E-state index contributed by atoms with van der Waals surface area (Å²) in [7, 11) is 1.59. The van der Waals surface area contributed by atoms with Crippen LogP contribution < -0.4 is 15.4 Å². The SMILES string of the molecule is COc1cc(C(=O)NC(C(=O)NCCc2ccccn2)C2CCCCC2)ccc1C. The van der Waals surface area contributed by atoms with E-state index in [4.69, 9.17) is 4.74 Å². The second-order valence-electron chi connectivity index (χ2n) is 7.90. The van der Waals surface area contributed by atoms with Gasteiger partial charge in [-0.3, -0.25) is 14.6 Å². The molecule has 3 rings (SSSR count). The van der Waals surface area contributed by atoms with Gasteiger partial charge in [-0.05, 0) is 55.5 Å². The van der Waals surface area contributed by atoms with Gasteiger partial charge >= 0.3 is 0 Å². The number of benzene rings is 1. The predicted octanol–water partition coefficient (Wildman–Crippen LogP) is 3.44. The zero-order chi connectivity index (χ0) is 21.3. The lowest BCUT2D eigenvalue weighted by molar-refractivity contribution is -0.124. The Hall–Kier alpha value is -2.89. The lowest BCUT2D eigenvalue weighted by Crippen LogP contribution is -2.51. The molecule has 0 aliphatic heterocycles. The van der Waals surface area contributed by atoms with Gasteiger partial charge in [-0.1, -0.05) is 31.4 Å². The number of aromatic nitrogens is 1. The molecule has 0 spiro atoms. The molecule has 160 valence electrons. The molecule has 1 aliphatic rings. The van der Waals surface area contributed by atoms with Crippen molar-refractivity contribution in [2.24, 2.45) is 5.92 Å². The lowest BCUT2D eigenvalue weighted by Gasteiger charge is -2.30. The summed E-state index contributed by atoms with van der Waals surface area (Å²) in [6.07, 6.45) is 7.69. The molecular formula is C24H31N3O3. The normalized spacial score (nSPS) is 15.3. The maximum atomic E-state index is 13.0. The summed E-state index contributed by atoms with van der Waals surface area (Å²) in [5.74, 6) is 0.454. The number of hydrogen-bond donors (Lipinski definition) is 2. The van der Waals surface area contributed by atoms with Crippen LogP contribution in [0.2, 0.25) is 0 Å². The van der Waals surface area contributed by atoms with Crippen molar-refractivity contribution < 1.29 is 14.3 Å². The van der Waals surface area contributed by atoms with Gasteiger partial charge in [0.15, 0.2) is 0 Å². The summed E-state index contributed by atoms with van der Waals surface area (Å²) in [4.78, 5) is 30.2. The molecule has 1 saturated carbocycles. The zero-order valence-corrected chi connectivity index (χ0v) is 17.8. The van der Waals surface area contributed by atoms with E-state index in [1.807, 2.05) is 31.2 Å². The van der Waals surface area contributed by atoms with Crippen molar-refractivity contribution in [3.63, 3.8) is 0 Å². The van der Waals surface area contributed by atoms with E-state index < -0.39 is 6.04 Å². The van der Waals surface area contributed by atoms with Crippen molar-refractivity contribution in [3.05, 3.63) is 59.4 Å². The highest BCUT2D eigenvalue weighted by Gasteiger charge is 2.31. The summed E-state index contributed by atoms with van der Waals surface area (Å²) in [5, 5.41) is 6.00. The third-order valence-electron chi connectivity index (χ3n) is 5.77. The topological polar surface area (TPSA) is 80.3 Å². The Balaban J connectivity index is 1.67. The lowest BCUT2D eigenvalue weighted by atomic mass is 9.83. The van der Waals surface area contributed by atoms with Gasteiger partial charge in [-0.15, -0.1) is 0 Å². The van der Waals surface area contributed by atoms with Crippen molar-refractivity contribution in [1.82, 2.24) is 15.6 Å². The molecule has 2 aromatic rings. The molecule has 30 heavy (non-hydrogen) atoms. The Morgan fingerprint density at radius 3 is 2.67 bits per heavy atom. The van der Waals surface area contributed by atoms with Crippen molar-refractivity contribution >= 4 is 11.8 Å². The van der Waals surface area contributed by atoms with Gasteiger partial charge in [0.1, 0.15) is 11.8 Å². The molecule has 2 amide bonds. The molecule has 0 saturated heterocycles. The fraction of sp³-hybridized carbons (Fsp3) is 0.458. The van der Waals surface area contributed by atoms with Crippen LogP contribution in [0.5, 0.6) is 5.75 Å². The van der Waals surface area contributed by atoms with Crippen molar-refractivity contribution in [3.8, 4) is 5.75 Å². The van der Waals surface area contributed by atoms with E-state index in [0.29, 0.717) is 24.3 Å². The molecule has 1 heterocycles. The maximum Gasteiger partial charge on any atom is 0.252 e. The molecular weight excluding hydrogens is 378 g/mol. The number of ether oxygens (including phenoxy) is 1. The Bertz CT molecular complexity index is 848. The highest BCUT2D eigenvalue weighted by Crippen LogP contribution is 2.27. The second kappa shape index (κ2) is 10.8. The van der Waals surface area contributed by atoms with Crippen molar-refractivity contribution in [2.45, 2.75) is 51.5 Å². The second-order valence-corrected chi connectivity index (χ2v) is 7.90. The molecule has 1 aromatic heterocycles. The van der Waals surface area contributed by atoms with Crippen LogP contribution in [0.25, 0.3) is 0 Å². The molecule has 2 N–H and O–H groups in total. The van der Waals surface area contributed by atoms with Gasteiger partial charge < -0.3 is 15.4 Å². The first-order chi connectivity index (χ1) is 14.6. The van der Waals surface area contributed by atoms with Gasteiger partial charge in [-0.2, -0.15) is 0 Å². The largest absolute Gasteiger partial charge is 0.496 e. The number of nitrogens with zero attached hydrogens (tertiary/aromatic N) is 1. The predicted molar refractivity (Wildman–Crippen MR) is 117 cm³/mol. The van der Waals surface area contributed by atoms with Gasteiger partial charge in [-0.25, -0.2) is 0 Å². The highest BCUT2D eigenvalue weighted by molar-refractivity contribution is 5.98. The number of pyridine rings is 1. The van der Waals surface area contributed by atoms with Crippen molar-refractivity contribution in [1.29, 1.82) is 0 Å². The molecule has 1 atom stereocenters. The number of amides is 2. The smallest absolute Gasteiger partial charge is 0.252 e. The Kier molecular flexibility index (Phi) is 7.82. The minimum absolute atomic E-state index is 0.120. The average molecular weight is 410 g/mol. The van der Waals surface area contributed by atoms with E-state index in [0.717, 1.165) is 36.9 Å².